The van der Waals surface area contributed by atoms with Gasteiger partial charge in [0.25, 0.3) is 10.1 Å². The molecule has 1 saturated carbocycles. The van der Waals surface area contributed by atoms with Crippen LogP contribution in [-0.2, 0) is 23.8 Å². The third-order valence-electron chi connectivity index (χ3n) is 8.30. The lowest BCUT2D eigenvalue weighted by Crippen LogP contribution is -2.45. The first-order valence-electron chi connectivity index (χ1n) is 13.8. The van der Waals surface area contributed by atoms with E-state index in [4.69, 9.17) is 13.7 Å². The SMILES string of the molecule is CCCCCCCCCCCCO[C@@]12[C@@H](O)O[C@@H]([C@H](O)COS(=O)(=O)c3ccc(C)cc3)[C@]1(O)C2(C)C. The van der Waals surface area contributed by atoms with Crippen LogP contribution in [0, 0.1) is 12.3 Å². The highest BCUT2D eigenvalue weighted by Crippen LogP contribution is 2.74. The van der Waals surface area contributed by atoms with Crippen molar-refractivity contribution in [1.82, 2.24) is 0 Å². The maximum absolute atomic E-state index is 12.5. The molecule has 1 saturated heterocycles. The summed E-state index contributed by atoms with van der Waals surface area (Å²) in [5.41, 5.74) is -3.08. The Kier molecular flexibility index (Phi) is 10.2. The van der Waals surface area contributed by atoms with Crippen molar-refractivity contribution >= 4 is 10.1 Å². The van der Waals surface area contributed by atoms with Crippen LogP contribution in [0.3, 0.4) is 0 Å². The van der Waals surface area contributed by atoms with Crippen LogP contribution < -0.4 is 0 Å². The van der Waals surface area contributed by atoms with E-state index in [1.165, 1.54) is 57.1 Å². The Balaban J connectivity index is 1.48. The van der Waals surface area contributed by atoms with E-state index in [2.05, 4.69) is 6.92 Å². The van der Waals surface area contributed by atoms with Crippen molar-refractivity contribution in [2.75, 3.05) is 13.2 Å². The summed E-state index contributed by atoms with van der Waals surface area (Å²) in [6.45, 7) is 7.29. The number of hydrogen-bond donors (Lipinski definition) is 3. The minimum atomic E-state index is -4.11. The van der Waals surface area contributed by atoms with Gasteiger partial charge in [0, 0.05) is 12.0 Å². The van der Waals surface area contributed by atoms with Crippen molar-refractivity contribution in [2.24, 2.45) is 5.41 Å². The predicted octanol–water partition coefficient (Wildman–Crippen LogP) is 4.23. The summed E-state index contributed by atoms with van der Waals surface area (Å²) in [6.07, 6.45) is 7.61. The Morgan fingerprint density at radius 1 is 0.973 bits per heavy atom. The van der Waals surface area contributed by atoms with E-state index in [-0.39, 0.29) is 4.90 Å². The molecule has 0 bridgehead atoms. The number of aliphatic hydroxyl groups is 3. The fourth-order valence-electron chi connectivity index (χ4n) is 5.85. The second-order valence-corrected chi connectivity index (χ2v) is 12.8. The van der Waals surface area contributed by atoms with E-state index >= 15 is 0 Å². The van der Waals surface area contributed by atoms with Crippen LogP contribution in [0.25, 0.3) is 0 Å². The molecule has 1 aliphatic heterocycles. The first-order valence-corrected chi connectivity index (χ1v) is 15.2. The highest BCUT2D eigenvalue weighted by Gasteiger charge is 2.94. The molecule has 3 rings (SSSR count). The Morgan fingerprint density at radius 2 is 1.51 bits per heavy atom. The molecule has 9 heteroatoms. The smallest absolute Gasteiger partial charge is 0.297 e. The number of fused-ring (bicyclic) bond motifs is 1. The van der Waals surface area contributed by atoms with Crippen LogP contribution in [0.4, 0.5) is 0 Å². The molecule has 0 amide bonds. The van der Waals surface area contributed by atoms with Gasteiger partial charge >= 0.3 is 0 Å². The van der Waals surface area contributed by atoms with Gasteiger partial charge in [-0.05, 0) is 25.5 Å². The van der Waals surface area contributed by atoms with Crippen molar-refractivity contribution in [3.05, 3.63) is 29.8 Å². The summed E-state index contributed by atoms with van der Waals surface area (Å²) in [6, 6.07) is 6.16. The van der Waals surface area contributed by atoms with Crippen molar-refractivity contribution in [3.8, 4) is 0 Å². The summed E-state index contributed by atoms with van der Waals surface area (Å²) in [5.74, 6) is 0. The summed E-state index contributed by atoms with van der Waals surface area (Å²) >= 11 is 0. The topological polar surface area (TPSA) is 123 Å². The number of aryl methyl sites for hydroxylation is 1. The van der Waals surface area contributed by atoms with Crippen molar-refractivity contribution in [1.29, 1.82) is 0 Å². The quantitative estimate of drug-likeness (QED) is 0.198. The molecule has 0 radical (unpaired) electrons. The third kappa shape index (κ3) is 5.93. The molecular weight excluding hydrogens is 496 g/mol. The van der Waals surface area contributed by atoms with E-state index < -0.39 is 51.8 Å². The van der Waals surface area contributed by atoms with Gasteiger partial charge in [-0.25, -0.2) is 0 Å². The van der Waals surface area contributed by atoms with Gasteiger partial charge in [-0.3, -0.25) is 4.18 Å². The molecule has 5 atom stereocenters. The van der Waals surface area contributed by atoms with Crippen LogP contribution in [0.15, 0.2) is 29.2 Å². The number of ether oxygens (including phenoxy) is 2. The molecule has 8 nitrogen and oxygen atoms in total. The molecule has 1 aromatic carbocycles. The Labute approximate surface area is 222 Å². The highest BCUT2D eigenvalue weighted by atomic mass is 32.2. The summed E-state index contributed by atoms with van der Waals surface area (Å²) in [7, 11) is -4.11. The van der Waals surface area contributed by atoms with Crippen LogP contribution in [-0.4, -0.2) is 66.7 Å². The number of aliphatic hydroxyl groups excluding tert-OH is 2. The van der Waals surface area contributed by atoms with Crippen LogP contribution in [0.5, 0.6) is 0 Å². The van der Waals surface area contributed by atoms with Gasteiger partial charge < -0.3 is 24.8 Å². The van der Waals surface area contributed by atoms with Crippen molar-refractivity contribution in [2.45, 2.75) is 126 Å². The van der Waals surface area contributed by atoms with E-state index in [1.807, 2.05) is 6.92 Å². The normalized spacial score (nSPS) is 29.3. The van der Waals surface area contributed by atoms with Crippen LogP contribution in [0.1, 0.15) is 90.5 Å². The van der Waals surface area contributed by atoms with Gasteiger partial charge in [0.15, 0.2) is 11.9 Å². The second-order valence-electron chi connectivity index (χ2n) is 11.2. The maximum Gasteiger partial charge on any atom is 0.297 e. The molecule has 2 fully saturated rings. The molecule has 3 N–H and O–H groups in total. The van der Waals surface area contributed by atoms with Gasteiger partial charge in [0.1, 0.15) is 17.8 Å². The first kappa shape index (κ1) is 30.5. The zero-order chi connectivity index (χ0) is 27.3. The molecule has 1 aromatic rings. The molecular formula is C28H46O8S. The minimum Gasteiger partial charge on any atom is -0.388 e. The number of unbranched alkanes of at least 4 members (excludes halogenated alkanes) is 9. The second kappa shape index (κ2) is 12.4. The predicted molar refractivity (Wildman–Crippen MR) is 140 cm³/mol. The molecule has 2 aliphatic rings. The fourth-order valence-corrected chi connectivity index (χ4v) is 6.77. The summed E-state index contributed by atoms with van der Waals surface area (Å²) < 4.78 is 41.7. The van der Waals surface area contributed by atoms with Gasteiger partial charge in [0.05, 0.1) is 11.5 Å². The molecule has 0 unspecified atom stereocenters. The monoisotopic (exact) mass is 542 g/mol. The lowest BCUT2D eigenvalue weighted by Gasteiger charge is -2.28. The number of hydrogen-bond acceptors (Lipinski definition) is 8. The lowest BCUT2D eigenvalue weighted by atomic mass is 9.98. The molecule has 1 heterocycles. The average Bonchev–Trinajstić information content (AvgIpc) is 3.10. The van der Waals surface area contributed by atoms with Crippen molar-refractivity contribution in [3.63, 3.8) is 0 Å². The molecule has 0 spiro atoms. The Morgan fingerprint density at radius 3 is 2.05 bits per heavy atom. The van der Waals surface area contributed by atoms with E-state index in [1.54, 1.807) is 26.0 Å². The Hall–Kier alpha value is -1.07. The van der Waals surface area contributed by atoms with Crippen molar-refractivity contribution < 1.29 is 37.4 Å². The van der Waals surface area contributed by atoms with Crippen LogP contribution in [0.2, 0.25) is 0 Å². The zero-order valence-electron chi connectivity index (χ0n) is 22.8. The van der Waals surface area contributed by atoms with Gasteiger partial charge in [-0.2, -0.15) is 8.42 Å². The maximum atomic E-state index is 12.5. The molecule has 212 valence electrons. The highest BCUT2D eigenvalue weighted by molar-refractivity contribution is 7.86. The summed E-state index contributed by atoms with van der Waals surface area (Å²) in [5, 5.41) is 33.0. The Bertz CT molecular complexity index is 963. The lowest BCUT2D eigenvalue weighted by molar-refractivity contribution is -0.209. The molecule has 1 aliphatic carbocycles. The number of rotatable bonds is 17. The summed E-state index contributed by atoms with van der Waals surface area (Å²) in [4.78, 5) is -0.0303. The first-order chi connectivity index (χ1) is 17.5. The van der Waals surface area contributed by atoms with Gasteiger partial charge in [0.2, 0.25) is 0 Å². The van der Waals surface area contributed by atoms with Gasteiger partial charge in [-0.15, -0.1) is 0 Å². The molecule has 0 aromatic heterocycles. The van der Waals surface area contributed by atoms with E-state index in [9.17, 15) is 23.7 Å². The third-order valence-corrected chi connectivity index (χ3v) is 9.60. The van der Waals surface area contributed by atoms with E-state index in [0.29, 0.717) is 6.61 Å². The number of benzene rings is 1. The zero-order valence-corrected chi connectivity index (χ0v) is 23.6. The van der Waals surface area contributed by atoms with E-state index in [0.717, 1.165) is 24.8 Å². The minimum absolute atomic E-state index is 0.0303. The van der Waals surface area contributed by atoms with Crippen LogP contribution >= 0.6 is 0 Å². The average molecular weight is 543 g/mol. The fraction of sp³-hybridized carbons (Fsp3) is 0.786. The standard InChI is InChI=1S/C28H46O8S/c1-5-6-7-8-9-10-11-12-13-14-19-34-28-25(30)36-24(27(28,31)26(28,3)4)23(29)20-35-37(32,33)22-17-15-21(2)16-18-22/h15-18,23-25,29-31H,5-14,19-20H2,1-4H3/t23-,24+,25+,27+,28-/m1/s1. The van der Waals surface area contributed by atoms with Gasteiger partial charge in [-0.1, -0.05) is 96.3 Å². The largest absolute Gasteiger partial charge is 0.388 e. The molecule has 37 heavy (non-hydrogen) atoms.